The number of nitrogens with zero attached hydrogens (tertiary/aromatic N) is 3. The van der Waals surface area contributed by atoms with Crippen molar-refractivity contribution in [2.75, 3.05) is 37.1 Å². The molecule has 1 N–H and O–H groups in total. The summed E-state index contributed by atoms with van der Waals surface area (Å²) in [5.74, 6) is 1.55. The van der Waals surface area contributed by atoms with E-state index in [2.05, 4.69) is 29.1 Å². The van der Waals surface area contributed by atoms with Crippen LogP contribution in [0.3, 0.4) is 0 Å². The fourth-order valence-corrected chi connectivity index (χ4v) is 1.82. The van der Waals surface area contributed by atoms with Gasteiger partial charge in [0, 0.05) is 33.0 Å². The molecule has 7 heteroatoms. The molecule has 0 aliphatic heterocycles. The zero-order valence-corrected chi connectivity index (χ0v) is 13.8. The Morgan fingerprint density at radius 2 is 1.85 bits per heavy atom. The molecule has 1 atom stereocenters. The second-order valence-corrected chi connectivity index (χ2v) is 8.01. The number of anilines is 2. The van der Waals surface area contributed by atoms with Crippen LogP contribution in [0.25, 0.3) is 0 Å². The summed E-state index contributed by atoms with van der Waals surface area (Å²) in [4.78, 5) is 10.7. The van der Waals surface area contributed by atoms with E-state index in [1.165, 1.54) is 6.26 Å². The fourth-order valence-electron chi connectivity index (χ4n) is 1.44. The summed E-state index contributed by atoms with van der Waals surface area (Å²) in [6.45, 7) is 6.13. The molecule has 0 aliphatic carbocycles. The van der Waals surface area contributed by atoms with Crippen molar-refractivity contribution in [2.24, 2.45) is 0 Å². The van der Waals surface area contributed by atoms with Crippen molar-refractivity contribution in [2.45, 2.75) is 31.9 Å². The van der Waals surface area contributed by atoms with Crippen LogP contribution in [0.5, 0.6) is 0 Å². The van der Waals surface area contributed by atoms with Crippen LogP contribution in [0.1, 0.15) is 32.4 Å². The average molecular weight is 300 g/mol. The van der Waals surface area contributed by atoms with Gasteiger partial charge in [-0.2, -0.15) is 4.98 Å². The molecule has 0 aliphatic rings. The largest absolute Gasteiger partial charge is 0.369 e. The van der Waals surface area contributed by atoms with E-state index in [1.54, 1.807) is 6.92 Å². The number of rotatable bonds is 6. The molecule has 0 saturated heterocycles. The minimum Gasteiger partial charge on any atom is -0.369 e. The van der Waals surface area contributed by atoms with Crippen LogP contribution >= 0.6 is 0 Å². The first-order valence-corrected chi connectivity index (χ1v) is 8.55. The second-order valence-electron chi connectivity index (χ2n) is 5.55. The third-order valence-electron chi connectivity index (χ3n) is 3.03. The molecule has 0 amide bonds. The van der Waals surface area contributed by atoms with E-state index in [0.29, 0.717) is 18.3 Å². The van der Waals surface area contributed by atoms with Crippen molar-refractivity contribution in [1.82, 2.24) is 9.97 Å². The average Bonchev–Trinajstić information content (AvgIpc) is 2.34. The van der Waals surface area contributed by atoms with E-state index < -0.39 is 15.1 Å². The zero-order chi connectivity index (χ0) is 15.5. The fraction of sp³-hybridized carbons (Fsp3) is 0.692. The molecule has 114 valence electrons. The molecule has 0 fully saturated rings. The van der Waals surface area contributed by atoms with Crippen LogP contribution in [0.2, 0.25) is 0 Å². The summed E-state index contributed by atoms with van der Waals surface area (Å²) in [6.07, 6.45) is 1.24. The highest BCUT2D eigenvalue weighted by Gasteiger charge is 2.15. The van der Waals surface area contributed by atoms with Crippen LogP contribution in [0.4, 0.5) is 11.8 Å². The molecule has 1 rings (SSSR count). The maximum absolute atomic E-state index is 11.4. The maximum atomic E-state index is 11.4. The molecule has 0 spiro atoms. The van der Waals surface area contributed by atoms with Crippen LogP contribution in [-0.2, 0) is 9.84 Å². The molecule has 0 radical (unpaired) electrons. The Balaban J connectivity index is 2.94. The van der Waals surface area contributed by atoms with Crippen molar-refractivity contribution in [3.05, 3.63) is 11.8 Å². The van der Waals surface area contributed by atoms with Crippen LogP contribution in [0, 0.1) is 0 Å². The summed E-state index contributed by atoms with van der Waals surface area (Å²) >= 11 is 0. The van der Waals surface area contributed by atoms with Gasteiger partial charge < -0.3 is 10.2 Å². The van der Waals surface area contributed by atoms with Gasteiger partial charge in [0.25, 0.3) is 0 Å². The van der Waals surface area contributed by atoms with Gasteiger partial charge >= 0.3 is 0 Å². The Hall–Kier alpha value is -1.37. The van der Waals surface area contributed by atoms with Crippen molar-refractivity contribution < 1.29 is 8.42 Å². The molecule has 1 aromatic rings. The minimum atomic E-state index is -3.04. The first kappa shape index (κ1) is 16.7. The van der Waals surface area contributed by atoms with Gasteiger partial charge in [-0.1, -0.05) is 13.8 Å². The number of sulfone groups is 1. The van der Waals surface area contributed by atoms with E-state index in [1.807, 2.05) is 25.1 Å². The predicted molar refractivity (Wildman–Crippen MR) is 83.2 cm³/mol. The molecule has 1 aromatic heterocycles. The lowest BCUT2D eigenvalue weighted by Crippen LogP contribution is -2.26. The van der Waals surface area contributed by atoms with Crippen LogP contribution in [0.15, 0.2) is 6.07 Å². The Kier molecular flexibility index (Phi) is 5.33. The predicted octanol–water partition coefficient (Wildman–Crippen LogP) is 1.51. The van der Waals surface area contributed by atoms with Gasteiger partial charge in [0.1, 0.15) is 5.82 Å². The van der Waals surface area contributed by atoms with E-state index in [0.717, 1.165) is 5.69 Å². The number of hydrogen-bond acceptors (Lipinski definition) is 6. The summed E-state index contributed by atoms with van der Waals surface area (Å²) in [7, 11) is 0.712. The first-order chi connectivity index (χ1) is 9.11. The number of aromatic nitrogens is 2. The van der Waals surface area contributed by atoms with Crippen molar-refractivity contribution >= 4 is 21.6 Å². The summed E-state index contributed by atoms with van der Waals surface area (Å²) < 4.78 is 22.8. The van der Waals surface area contributed by atoms with Gasteiger partial charge in [-0.25, -0.2) is 13.4 Å². The molecule has 1 unspecified atom stereocenters. The standard InChI is InChI=1S/C13H24N4O2S/c1-9(2)11-7-12(16-13(15-11)17(4)5)14-8-10(3)20(6,18)19/h7,9-10H,8H2,1-6H3,(H,14,15,16). The molecule has 6 nitrogen and oxygen atoms in total. The quantitative estimate of drug-likeness (QED) is 0.858. The Morgan fingerprint density at radius 3 is 2.30 bits per heavy atom. The molecule has 0 aromatic carbocycles. The van der Waals surface area contributed by atoms with Gasteiger partial charge in [-0.15, -0.1) is 0 Å². The molecular formula is C13H24N4O2S. The number of nitrogens with one attached hydrogen (secondary N) is 1. The SMILES string of the molecule is CC(C)c1cc(NCC(C)S(C)(=O)=O)nc(N(C)C)n1. The lowest BCUT2D eigenvalue weighted by atomic mass is 10.1. The summed E-state index contributed by atoms with van der Waals surface area (Å²) in [5, 5.41) is 2.63. The third kappa shape index (κ3) is 4.63. The van der Waals surface area contributed by atoms with Crippen molar-refractivity contribution in [3.63, 3.8) is 0 Å². The number of hydrogen-bond donors (Lipinski definition) is 1. The van der Waals surface area contributed by atoms with E-state index >= 15 is 0 Å². The molecule has 20 heavy (non-hydrogen) atoms. The Bertz CT molecular complexity index is 529. The van der Waals surface area contributed by atoms with E-state index in [4.69, 9.17) is 0 Å². The topological polar surface area (TPSA) is 75.2 Å². The highest BCUT2D eigenvalue weighted by Crippen LogP contribution is 2.19. The maximum Gasteiger partial charge on any atom is 0.227 e. The highest BCUT2D eigenvalue weighted by atomic mass is 32.2. The Morgan fingerprint density at radius 1 is 1.25 bits per heavy atom. The molecule has 0 saturated carbocycles. The third-order valence-corrected chi connectivity index (χ3v) is 4.66. The van der Waals surface area contributed by atoms with Crippen molar-refractivity contribution in [3.8, 4) is 0 Å². The Labute approximate surface area is 121 Å². The smallest absolute Gasteiger partial charge is 0.227 e. The highest BCUT2D eigenvalue weighted by molar-refractivity contribution is 7.91. The molecule has 0 bridgehead atoms. The van der Waals surface area contributed by atoms with Gasteiger partial charge in [0.2, 0.25) is 5.95 Å². The van der Waals surface area contributed by atoms with Gasteiger partial charge in [0.05, 0.1) is 10.9 Å². The van der Waals surface area contributed by atoms with E-state index in [-0.39, 0.29) is 5.92 Å². The van der Waals surface area contributed by atoms with Crippen LogP contribution in [-0.4, -0.2) is 50.5 Å². The van der Waals surface area contributed by atoms with Crippen molar-refractivity contribution in [1.29, 1.82) is 0 Å². The molecular weight excluding hydrogens is 276 g/mol. The lowest BCUT2D eigenvalue weighted by Gasteiger charge is -2.17. The summed E-state index contributed by atoms with van der Waals surface area (Å²) in [5.41, 5.74) is 0.929. The van der Waals surface area contributed by atoms with Crippen LogP contribution < -0.4 is 10.2 Å². The summed E-state index contributed by atoms with van der Waals surface area (Å²) in [6, 6.07) is 1.87. The van der Waals surface area contributed by atoms with Gasteiger partial charge in [-0.05, 0) is 12.8 Å². The zero-order valence-electron chi connectivity index (χ0n) is 13.0. The normalized spacial score (nSPS) is 13.3. The minimum absolute atomic E-state index is 0.282. The van der Waals surface area contributed by atoms with E-state index in [9.17, 15) is 8.42 Å². The first-order valence-electron chi connectivity index (χ1n) is 6.60. The monoisotopic (exact) mass is 300 g/mol. The lowest BCUT2D eigenvalue weighted by molar-refractivity contribution is 0.591. The van der Waals surface area contributed by atoms with Gasteiger partial charge in [-0.3, -0.25) is 0 Å². The second kappa shape index (κ2) is 6.39. The molecule has 1 heterocycles. The van der Waals surface area contributed by atoms with Gasteiger partial charge in [0.15, 0.2) is 9.84 Å².